The van der Waals surface area contributed by atoms with Crippen LogP contribution in [0.1, 0.15) is 89.5 Å². The third-order valence-electron chi connectivity index (χ3n) is 13.0. The van der Waals surface area contributed by atoms with E-state index in [1.165, 1.54) is 26.2 Å². The fourth-order valence-corrected chi connectivity index (χ4v) is 10.2. The molecule has 69 heavy (non-hydrogen) atoms. The number of hydrogen-bond acceptors (Lipinski definition) is 15. The molecule has 2 amide bonds. The number of H-pyrrole nitrogens is 1. The van der Waals surface area contributed by atoms with Crippen LogP contribution in [-0.2, 0) is 62.8 Å². The lowest BCUT2D eigenvalue weighted by atomic mass is 9.86. The number of aryl methyl sites for hydroxylation is 4. The van der Waals surface area contributed by atoms with Gasteiger partial charge in [0.15, 0.2) is 23.7 Å². The molecule has 0 spiro atoms. The highest BCUT2D eigenvalue weighted by Gasteiger charge is 2.66. The smallest absolute Gasteiger partial charge is 0.459 e. The lowest BCUT2D eigenvalue weighted by molar-refractivity contribution is -0.194. The Bertz CT molecular complexity index is 2740. The van der Waals surface area contributed by atoms with Crippen LogP contribution in [0.15, 0.2) is 64.0 Å². The van der Waals surface area contributed by atoms with Crippen molar-refractivity contribution in [1.29, 1.82) is 0 Å². The SMILES string of the molecule is [C-]#[N+]CCOP(=O)(OCC1OC(n2cc(C)c(=O)[nH]c2=O)CC1OC(=O)CCC(=O)NCc1cc(C)c(C)c(C)c1)OC1C2OCC1(CC)OC2N1C=C(C)C(=O)C(C(=O)c2ccc(C)cc2)C1=O. The number of phosphoric acid groups is 1. The van der Waals surface area contributed by atoms with E-state index in [9.17, 15) is 38.1 Å². The summed E-state index contributed by atoms with van der Waals surface area (Å²) in [4.78, 5) is 99.2. The van der Waals surface area contributed by atoms with E-state index in [1.807, 2.05) is 39.8 Å². The van der Waals surface area contributed by atoms with E-state index in [0.717, 1.165) is 37.3 Å². The van der Waals surface area contributed by atoms with E-state index >= 15 is 0 Å². The molecule has 3 aromatic rings. The number of Topliss-reactive ketones (excluding diaryl/α,β-unsaturated/α-hetero) is 2. The van der Waals surface area contributed by atoms with Gasteiger partial charge in [0.1, 0.15) is 42.9 Å². The average Bonchev–Trinajstić information content (AvgIpc) is 3.97. The normalized spacial score (nSPS) is 26.1. The van der Waals surface area contributed by atoms with Crippen LogP contribution in [0, 0.1) is 47.1 Å². The summed E-state index contributed by atoms with van der Waals surface area (Å²) in [6.45, 7) is 18.7. The Morgan fingerprint density at radius 2 is 1.70 bits per heavy atom. The molecule has 0 saturated carbocycles. The van der Waals surface area contributed by atoms with Gasteiger partial charge in [-0.3, -0.25) is 56.8 Å². The highest BCUT2D eigenvalue weighted by atomic mass is 31.2. The molecule has 21 heteroatoms. The Labute approximate surface area is 398 Å². The van der Waals surface area contributed by atoms with Crippen LogP contribution in [0.4, 0.5) is 0 Å². The lowest BCUT2D eigenvalue weighted by Gasteiger charge is -2.37. The highest BCUT2D eigenvalue weighted by molar-refractivity contribution is 7.48. The summed E-state index contributed by atoms with van der Waals surface area (Å²) in [7, 11) is -4.78. The minimum atomic E-state index is -4.78. The molecule has 368 valence electrons. The van der Waals surface area contributed by atoms with Gasteiger partial charge in [-0.25, -0.2) is 15.9 Å². The fraction of sp³-hybridized carbons (Fsp3) is 0.500. The van der Waals surface area contributed by atoms with Crippen molar-refractivity contribution in [2.45, 2.75) is 123 Å². The van der Waals surface area contributed by atoms with Crippen molar-refractivity contribution in [1.82, 2.24) is 19.8 Å². The molecule has 3 saturated heterocycles. The maximum absolute atomic E-state index is 14.8. The van der Waals surface area contributed by atoms with E-state index in [0.29, 0.717) is 0 Å². The van der Waals surface area contributed by atoms with Crippen LogP contribution in [0.3, 0.4) is 0 Å². The number of nitrogens with zero attached hydrogens (tertiary/aromatic N) is 3. The summed E-state index contributed by atoms with van der Waals surface area (Å²) in [6.07, 6.45) is -5.05. The Morgan fingerprint density at radius 3 is 2.38 bits per heavy atom. The number of nitrogens with one attached hydrogen (secondary N) is 2. The van der Waals surface area contributed by atoms with Gasteiger partial charge < -0.3 is 29.1 Å². The molecule has 5 heterocycles. The number of aromatic nitrogens is 2. The van der Waals surface area contributed by atoms with Crippen LogP contribution in [-0.4, -0.2) is 106 Å². The maximum Gasteiger partial charge on any atom is 0.475 e. The number of hydrogen-bond donors (Lipinski definition) is 2. The number of ether oxygens (including phenoxy) is 4. The molecule has 4 aliphatic rings. The Balaban J connectivity index is 1.08. The molecule has 2 N–H and O–H groups in total. The number of aromatic amines is 1. The van der Waals surface area contributed by atoms with Crippen LogP contribution in [0.5, 0.6) is 0 Å². The number of esters is 1. The van der Waals surface area contributed by atoms with Crippen molar-refractivity contribution < 1.29 is 61.1 Å². The van der Waals surface area contributed by atoms with Crippen molar-refractivity contribution in [3.63, 3.8) is 0 Å². The van der Waals surface area contributed by atoms with E-state index in [4.69, 9.17) is 39.1 Å². The molecule has 2 bridgehead atoms. The van der Waals surface area contributed by atoms with Crippen LogP contribution < -0.4 is 16.6 Å². The number of fused-ring (bicyclic) bond motifs is 2. The van der Waals surface area contributed by atoms with Gasteiger partial charge in [-0.1, -0.05) is 48.9 Å². The number of allylic oxidation sites excluding steroid dienone is 1. The van der Waals surface area contributed by atoms with E-state index in [1.54, 1.807) is 31.2 Å². The summed E-state index contributed by atoms with van der Waals surface area (Å²) >= 11 is 0. The number of amides is 2. The number of benzene rings is 2. The molecule has 1 aromatic heterocycles. The zero-order valence-electron chi connectivity index (χ0n) is 39.4. The van der Waals surface area contributed by atoms with Crippen molar-refractivity contribution in [3.05, 3.63) is 126 Å². The van der Waals surface area contributed by atoms with E-state index < -0.39 is 110 Å². The highest BCUT2D eigenvalue weighted by Crippen LogP contribution is 2.57. The van der Waals surface area contributed by atoms with Gasteiger partial charge in [-0.15, -0.1) is 0 Å². The predicted molar refractivity (Wildman–Crippen MR) is 244 cm³/mol. The minimum Gasteiger partial charge on any atom is -0.459 e. The third-order valence-corrected chi connectivity index (χ3v) is 14.4. The van der Waals surface area contributed by atoms with Gasteiger partial charge in [0.25, 0.3) is 5.56 Å². The quantitative estimate of drug-likeness (QED) is 0.0419. The first-order valence-electron chi connectivity index (χ1n) is 22.6. The molecule has 7 rings (SSSR count). The van der Waals surface area contributed by atoms with Crippen LogP contribution >= 0.6 is 7.82 Å². The fourth-order valence-electron chi connectivity index (χ4n) is 8.75. The first-order valence-corrected chi connectivity index (χ1v) is 24.1. The van der Waals surface area contributed by atoms with E-state index in [-0.39, 0.29) is 62.1 Å². The van der Waals surface area contributed by atoms with E-state index in [2.05, 4.69) is 15.1 Å². The van der Waals surface area contributed by atoms with Gasteiger partial charge in [-0.05, 0) is 70.2 Å². The maximum atomic E-state index is 14.8. The monoisotopic (exact) mass is 973 g/mol. The third kappa shape index (κ3) is 10.9. The zero-order chi connectivity index (χ0) is 49.9. The first kappa shape index (κ1) is 51.0. The molecule has 0 radical (unpaired) electrons. The average molecular weight is 974 g/mol. The first-order chi connectivity index (χ1) is 32.8. The topological polar surface area (TPSA) is 242 Å². The molecule has 9 unspecified atom stereocenters. The molecule has 0 aliphatic carbocycles. The lowest BCUT2D eigenvalue weighted by Crippen LogP contribution is -2.54. The summed E-state index contributed by atoms with van der Waals surface area (Å²) in [5.41, 5.74) is 2.82. The number of rotatable bonds is 19. The zero-order valence-corrected chi connectivity index (χ0v) is 40.3. The van der Waals surface area contributed by atoms with Crippen molar-refractivity contribution in [3.8, 4) is 0 Å². The molecule has 2 aromatic carbocycles. The van der Waals surface area contributed by atoms with Crippen molar-refractivity contribution in [2.75, 3.05) is 26.4 Å². The number of carbonyl (C=O) groups is 5. The molecule has 20 nitrogen and oxygen atoms in total. The molecular weight excluding hydrogens is 918 g/mol. The predicted octanol–water partition coefficient (Wildman–Crippen LogP) is 4.54. The Hall–Kier alpha value is -5.91. The van der Waals surface area contributed by atoms with Crippen LogP contribution in [0.2, 0.25) is 0 Å². The van der Waals surface area contributed by atoms with Gasteiger partial charge in [0, 0.05) is 48.5 Å². The second-order valence-electron chi connectivity index (χ2n) is 17.8. The molecular formula is C48H56N5O15P. The Morgan fingerprint density at radius 1 is 0.986 bits per heavy atom. The largest absolute Gasteiger partial charge is 0.475 e. The molecule has 4 aliphatic heterocycles. The summed E-state index contributed by atoms with van der Waals surface area (Å²) < 4.78 is 58.3. The second kappa shape index (κ2) is 21.0. The van der Waals surface area contributed by atoms with Crippen molar-refractivity contribution in [2.24, 2.45) is 5.92 Å². The van der Waals surface area contributed by atoms with Crippen molar-refractivity contribution >= 4 is 37.2 Å². The summed E-state index contributed by atoms with van der Waals surface area (Å²) in [5.74, 6) is -5.09. The summed E-state index contributed by atoms with van der Waals surface area (Å²) in [5, 5.41) is 2.82. The Kier molecular flexibility index (Phi) is 15.5. The number of phosphoric ester groups is 1. The van der Waals surface area contributed by atoms with Gasteiger partial charge >= 0.3 is 19.5 Å². The minimum absolute atomic E-state index is 0.0745. The standard InChI is InChI=1S/C48H56N5O15P/c1-9-48-25-62-42(46(67-48)53-22-29(5)40(56)39(45(53)59)41(57)33-12-10-26(2)11-13-33)43(48)68-69(61,63-17-16-49-8)64-24-35-34(20-37(65-35)52-23-30(6)44(58)51-47(52)60)66-38(55)15-14-36(54)50-21-32-18-27(3)31(7)28(4)19-32/h10-13,18-19,22-23,34-35,37,39,42-43,46H,9,14-17,20-21,24-25H2,1-7H3,(H,50,54)(H,51,58,60). The van der Waals surface area contributed by atoms with Crippen LogP contribution in [0.25, 0.3) is 4.85 Å². The molecule has 9 atom stereocenters. The van der Waals surface area contributed by atoms with Gasteiger partial charge in [-0.2, -0.15) is 0 Å². The number of ketones is 2. The molecule has 3 fully saturated rings. The van der Waals surface area contributed by atoms with Gasteiger partial charge in [0.2, 0.25) is 18.4 Å². The number of carbonyl (C=O) groups excluding carboxylic acids is 5. The van der Waals surface area contributed by atoms with Gasteiger partial charge in [0.05, 0.1) is 19.6 Å². The summed E-state index contributed by atoms with van der Waals surface area (Å²) in [6, 6.07) is 10.4. The second-order valence-corrected chi connectivity index (χ2v) is 19.4.